The van der Waals surface area contributed by atoms with Crippen molar-refractivity contribution in [1.82, 2.24) is 9.78 Å². The Kier molecular flexibility index (Phi) is 2.39. The summed E-state index contributed by atoms with van der Waals surface area (Å²) in [5.41, 5.74) is 0.817. The van der Waals surface area contributed by atoms with Gasteiger partial charge in [0.25, 0.3) is 6.43 Å². The first kappa shape index (κ1) is 9.43. The normalized spacial score (nSPS) is 16.3. The number of ether oxygens (including phenoxy) is 1. The molecule has 2 rings (SSSR count). The lowest BCUT2D eigenvalue weighted by atomic mass is 10.4. The van der Waals surface area contributed by atoms with E-state index in [2.05, 4.69) is 5.10 Å². The third-order valence-electron chi connectivity index (χ3n) is 2.03. The number of halogens is 2. The van der Waals surface area contributed by atoms with Crippen LogP contribution in [0.2, 0.25) is 0 Å². The zero-order chi connectivity index (χ0) is 10.1. The highest BCUT2D eigenvalue weighted by molar-refractivity contribution is 5.21. The van der Waals surface area contributed by atoms with Crippen LogP contribution in [0.4, 0.5) is 8.78 Å². The van der Waals surface area contributed by atoms with E-state index in [0.717, 1.165) is 18.4 Å². The molecule has 0 radical (unpaired) electrons. The SMILES string of the molecule is Cc1cn(CC(F)F)nc1OC1CC1. The number of hydrogen-bond donors (Lipinski definition) is 0. The fraction of sp³-hybridized carbons (Fsp3) is 0.667. The molecule has 0 amide bonds. The van der Waals surface area contributed by atoms with Gasteiger partial charge in [-0.25, -0.2) is 8.78 Å². The van der Waals surface area contributed by atoms with Crippen molar-refractivity contribution in [1.29, 1.82) is 0 Å². The molecular weight excluding hydrogens is 190 g/mol. The van der Waals surface area contributed by atoms with Gasteiger partial charge in [0, 0.05) is 11.8 Å². The zero-order valence-electron chi connectivity index (χ0n) is 7.91. The maximum atomic E-state index is 12.0. The quantitative estimate of drug-likeness (QED) is 0.746. The van der Waals surface area contributed by atoms with Gasteiger partial charge >= 0.3 is 0 Å². The van der Waals surface area contributed by atoms with Gasteiger partial charge in [0.15, 0.2) is 0 Å². The zero-order valence-corrected chi connectivity index (χ0v) is 7.91. The second kappa shape index (κ2) is 3.55. The molecule has 0 atom stereocenters. The van der Waals surface area contributed by atoms with Crippen molar-refractivity contribution >= 4 is 0 Å². The molecule has 0 aromatic carbocycles. The van der Waals surface area contributed by atoms with Crippen LogP contribution in [0.25, 0.3) is 0 Å². The molecule has 1 aliphatic rings. The van der Waals surface area contributed by atoms with Crippen molar-refractivity contribution < 1.29 is 13.5 Å². The third-order valence-corrected chi connectivity index (χ3v) is 2.03. The highest BCUT2D eigenvalue weighted by Gasteiger charge is 2.25. The summed E-state index contributed by atoms with van der Waals surface area (Å²) >= 11 is 0. The smallest absolute Gasteiger partial charge is 0.257 e. The molecule has 1 aromatic heterocycles. The van der Waals surface area contributed by atoms with Crippen LogP contribution in [-0.2, 0) is 6.54 Å². The summed E-state index contributed by atoms with van der Waals surface area (Å²) in [6.45, 7) is 1.45. The molecule has 1 fully saturated rings. The predicted octanol–water partition coefficient (Wildman–Crippen LogP) is 2.00. The fourth-order valence-corrected chi connectivity index (χ4v) is 1.20. The Morgan fingerprint density at radius 1 is 1.64 bits per heavy atom. The number of nitrogens with zero attached hydrogens (tertiary/aromatic N) is 2. The van der Waals surface area contributed by atoms with Crippen molar-refractivity contribution in [3.05, 3.63) is 11.8 Å². The van der Waals surface area contributed by atoms with E-state index in [1.807, 2.05) is 6.92 Å². The summed E-state index contributed by atoms with van der Waals surface area (Å²) in [6, 6.07) is 0. The molecule has 1 heterocycles. The predicted molar refractivity (Wildman–Crippen MR) is 46.6 cm³/mol. The molecule has 5 heteroatoms. The van der Waals surface area contributed by atoms with Crippen LogP contribution in [0.3, 0.4) is 0 Å². The summed E-state index contributed by atoms with van der Waals surface area (Å²) < 4.78 is 30.7. The summed E-state index contributed by atoms with van der Waals surface area (Å²) in [7, 11) is 0. The Labute approximate surface area is 80.7 Å². The van der Waals surface area contributed by atoms with Gasteiger partial charge in [-0.3, -0.25) is 4.68 Å². The van der Waals surface area contributed by atoms with E-state index < -0.39 is 6.43 Å². The average molecular weight is 202 g/mol. The van der Waals surface area contributed by atoms with Crippen LogP contribution < -0.4 is 4.74 Å². The maximum Gasteiger partial charge on any atom is 0.257 e. The number of aromatic nitrogens is 2. The minimum atomic E-state index is -2.37. The molecule has 1 saturated carbocycles. The molecule has 3 nitrogen and oxygen atoms in total. The van der Waals surface area contributed by atoms with Gasteiger partial charge in [0.2, 0.25) is 5.88 Å². The molecule has 0 spiro atoms. The van der Waals surface area contributed by atoms with Gasteiger partial charge in [-0.1, -0.05) is 0 Å². The molecule has 0 unspecified atom stereocenters. The van der Waals surface area contributed by atoms with E-state index in [0.29, 0.717) is 5.88 Å². The Hall–Kier alpha value is -1.13. The first-order chi connectivity index (χ1) is 6.65. The molecule has 14 heavy (non-hydrogen) atoms. The first-order valence-electron chi connectivity index (χ1n) is 4.64. The second-order valence-corrected chi connectivity index (χ2v) is 3.55. The van der Waals surface area contributed by atoms with Crippen LogP contribution in [0, 0.1) is 6.92 Å². The monoisotopic (exact) mass is 202 g/mol. The summed E-state index contributed by atoms with van der Waals surface area (Å²) in [6.07, 6.45) is 1.55. The summed E-state index contributed by atoms with van der Waals surface area (Å²) in [5.74, 6) is 0.494. The van der Waals surface area contributed by atoms with Gasteiger partial charge in [-0.15, -0.1) is 5.10 Å². The second-order valence-electron chi connectivity index (χ2n) is 3.55. The standard InChI is InChI=1S/C9H12F2N2O/c1-6-4-13(5-8(10)11)12-9(6)14-7-2-3-7/h4,7-8H,2-3,5H2,1H3. The first-order valence-corrected chi connectivity index (χ1v) is 4.64. The van der Waals surface area contributed by atoms with Crippen LogP contribution in [-0.4, -0.2) is 22.3 Å². The van der Waals surface area contributed by atoms with Crippen molar-refractivity contribution in [2.24, 2.45) is 0 Å². The van der Waals surface area contributed by atoms with Gasteiger partial charge in [0.1, 0.15) is 12.6 Å². The average Bonchev–Trinajstić information content (AvgIpc) is 2.79. The topological polar surface area (TPSA) is 27.1 Å². The van der Waals surface area contributed by atoms with Gasteiger partial charge in [-0.05, 0) is 19.8 Å². The van der Waals surface area contributed by atoms with Crippen LogP contribution in [0.1, 0.15) is 18.4 Å². The van der Waals surface area contributed by atoms with Crippen LogP contribution in [0.5, 0.6) is 5.88 Å². The minimum absolute atomic E-state index is 0.253. The number of aryl methyl sites for hydroxylation is 1. The van der Waals surface area contributed by atoms with Crippen LogP contribution >= 0.6 is 0 Å². The van der Waals surface area contributed by atoms with Gasteiger partial charge in [0.05, 0.1) is 0 Å². The minimum Gasteiger partial charge on any atom is -0.473 e. The Morgan fingerprint density at radius 2 is 2.36 bits per heavy atom. The Morgan fingerprint density at radius 3 is 2.93 bits per heavy atom. The van der Waals surface area contributed by atoms with Gasteiger partial charge < -0.3 is 4.74 Å². The molecule has 0 bridgehead atoms. The highest BCUT2D eigenvalue weighted by atomic mass is 19.3. The van der Waals surface area contributed by atoms with Crippen LogP contribution in [0.15, 0.2) is 6.20 Å². The van der Waals surface area contributed by atoms with Crippen molar-refractivity contribution in [3.8, 4) is 5.88 Å². The highest BCUT2D eigenvalue weighted by Crippen LogP contribution is 2.27. The molecule has 0 aliphatic heterocycles. The van der Waals surface area contributed by atoms with Crippen molar-refractivity contribution in [2.45, 2.75) is 38.8 Å². The number of rotatable bonds is 4. The van der Waals surface area contributed by atoms with Crippen molar-refractivity contribution in [3.63, 3.8) is 0 Å². The molecule has 0 N–H and O–H groups in total. The fourth-order valence-electron chi connectivity index (χ4n) is 1.20. The Balaban J connectivity index is 2.03. The molecule has 1 aliphatic carbocycles. The van der Waals surface area contributed by atoms with E-state index >= 15 is 0 Å². The Bertz CT molecular complexity index is 321. The van der Waals surface area contributed by atoms with E-state index in [1.165, 1.54) is 4.68 Å². The lowest BCUT2D eigenvalue weighted by Gasteiger charge is -2.00. The molecule has 1 aromatic rings. The van der Waals surface area contributed by atoms with Crippen molar-refractivity contribution in [2.75, 3.05) is 0 Å². The van der Waals surface area contributed by atoms with E-state index in [-0.39, 0.29) is 12.6 Å². The van der Waals surface area contributed by atoms with E-state index in [4.69, 9.17) is 4.74 Å². The lowest BCUT2D eigenvalue weighted by Crippen LogP contribution is -2.07. The summed E-state index contributed by atoms with van der Waals surface area (Å²) in [4.78, 5) is 0. The molecular formula is C9H12F2N2O. The van der Waals surface area contributed by atoms with E-state index in [1.54, 1.807) is 6.20 Å². The number of alkyl halides is 2. The molecule has 0 saturated heterocycles. The van der Waals surface area contributed by atoms with E-state index in [9.17, 15) is 8.78 Å². The molecule has 78 valence electrons. The lowest BCUT2D eigenvalue weighted by molar-refractivity contribution is 0.121. The third kappa shape index (κ3) is 2.21. The largest absolute Gasteiger partial charge is 0.473 e. The van der Waals surface area contributed by atoms with Gasteiger partial charge in [-0.2, -0.15) is 0 Å². The summed E-state index contributed by atoms with van der Waals surface area (Å²) in [5, 5.41) is 3.94. The number of hydrogen-bond acceptors (Lipinski definition) is 2. The maximum absolute atomic E-state index is 12.0.